The van der Waals surface area contributed by atoms with E-state index >= 15 is 0 Å². The maximum Gasteiger partial charge on any atom is 0.191 e. The van der Waals surface area contributed by atoms with E-state index in [-0.39, 0.29) is 24.0 Å². The lowest BCUT2D eigenvalue weighted by Gasteiger charge is -2.23. The van der Waals surface area contributed by atoms with E-state index in [1.807, 2.05) is 19.6 Å². The van der Waals surface area contributed by atoms with E-state index in [2.05, 4.69) is 77.1 Å². The number of aliphatic imine (C=N–C) groups is 1. The number of guanidine groups is 1. The molecule has 2 rings (SSSR count). The van der Waals surface area contributed by atoms with Crippen LogP contribution in [0.4, 0.5) is 0 Å². The number of benzene rings is 1. The van der Waals surface area contributed by atoms with Gasteiger partial charge in [0, 0.05) is 38.6 Å². The summed E-state index contributed by atoms with van der Waals surface area (Å²) in [4.78, 5) is 8.42. The van der Waals surface area contributed by atoms with Gasteiger partial charge in [-0.15, -0.1) is 24.0 Å². The summed E-state index contributed by atoms with van der Waals surface area (Å²) in [5.41, 5.74) is 2.88. The van der Waals surface area contributed by atoms with E-state index in [0.29, 0.717) is 11.5 Å². The summed E-state index contributed by atoms with van der Waals surface area (Å²) in [6.07, 6.45) is 7.95. The van der Waals surface area contributed by atoms with Crippen molar-refractivity contribution in [1.82, 2.24) is 20.2 Å². The first-order valence-electron chi connectivity index (χ1n) is 9.36. The first-order valence-corrected chi connectivity index (χ1v) is 9.36. The molecule has 1 atom stereocenters. The van der Waals surface area contributed by atoms with E-state index in [4.69, 9.17) is 0 Å². The summed E-state index contributed by atoms with van der Waals surface area (Å²) in [6.45, 7) is 10.7. The van der Waals surface area contributed by atoms with Gasteiger partial charge in [-0.2, -0.15) is 0 Å². The van der Waals surface area contributed by atoms with Crippen molar-refractivity contribution in [2.24, 2.45) is 10.4 Å². The van der Waals surface area contributed by atoms with Gasteiger partial charge in [-0.1, -0.05) is 45.0 Å². The predicted molar refractivity (Wildman–Crippen MR) is 125 cm³/mol. The molecule has 0 aliphatic heterocycles. The third-order valence-electron chi connectivity index (χ3n) is 4.34. The second-order valence-corrected chi connectivity index (χ2v) is 8.12. The SMILES string of the molecule is CN=C(NCc1ccc(Cn2ccnc2)cc1)NC(C)CCC(C)(C)C.I. The highest BCUT2D eigenvalue weighted by Crippen LogP contribution is 2.21. The molecular formula is C21H34IN5. The Morgan fingerprint density at radius 1 is 1.19 bits per heavy atom. The minimum absolute atomic E-state index is 0. The largest absolute Gasteiger partial charge is 0.354 e. The number of hydrogen-bond acceptors (Lipinski definition) is 2. The summed E-state index contributed by atoms with van der Waals surface area (Å²) < 4.78 is 2.07. The topological polar surface area (TPSA) is 54.2 Å². The third kappa shape index (κ3) is 9.26. The predicted octanol–water partition coefficient (Wildman–Crippen LogP) is 4.43. The monoisotopic (exact) mass is 483 g/mol. The van der Waals surface area contributed by atoms with Gasteiger partial charge in [0.05, 0.1) is 6.33 Å². The van der Waals surface area contributed by atoms with E-state index in [1.165, 1.54) is 17.5 Å². The highest BCUT2D eigenvalue weighted by atomic mass is 127. The molecule has 0 saturated carbocycles. The molecule has 1 unspecified atom stereocenters. The summed E-state index contributed by atoms with van der Waals surface area (Å²) in [5.74, 6) is 0.855. The molecule has 0 amide bonds. The Hall–Kier alpha value is -1.57. The molecule has 1 aromatic heterocycles. The Labute approximate surface area is 181 Å². The Balaban J connectivity index is 0.00000364. The fraction of sp³-hybridized carbons (Fsp3) is 0.524. The fourth-order valence-corrected chi connectivity index (χ4v) is 2.69. The summed E-state index contributed by atoms with van der Waals surface area (Å²) in [5, 5.41) is 6.88. The first-order chi connectivity index (χ1) is 12.4. The van der Waals surface area contributed by atoms with Crippen LogP contribution in [0.2, 0.25) is 0 Å². The Morgan fingerprint density at radius 2 is 1.85 bits per heavy atom. The van der Waals surface area contributed by atoms with Crippen molar-refractivity contribution in [3.63, 3.8) is 0 Å². The molecular weight excluding hydrogens is 449 g/mol. The maximum atomic E-state index is 4.34. The zero-order chi connectivity index (χ0) is 19.0. The van der Waals surface area contributed by atoms with Crippen LogP contribution in [0, 0.1) is 5.41 Å². The molecule has 2 N–H and O–H groups in total. The molecule has 2 aromatic rings. The molecule has 0 aliphatic carbocycles. The smallest absolute Gasteiger partial charge is 0.191 e. The van der Waals surface area contributed by atoms with Crippen LogP contribution in [0.25, 0.3) is 0 Å². The molecule has 1 heterocycles. The zero-order valence-corrected chi connectivity index (χ0v) is 19.5. The van der Waals surface area contributed by atoms with Gasteiger partial charge in [-0.25, -0.2) is 4.98 Å². The quantitative estimate of drug-likeness (QED) is 0.348. The Bertz CT molecular complexity index is 672. The van der Waals surface area contributed by atoms with Crippen molar-refractivity contribution in [3.8, 4) is 0 Å². The standard InChI is InChI=1S/C21H33N5.HI/c1-17(10-11-21(2,3)4)25-20(22-5)24-14-18-6-8-19(9-7-18)15-26-13-12-23-16-26;/h6-9,12-13,16-17H,10-11,14-15H2,1-5H3,(H2,22,24,25);1H. The molecule has 0 fully saturated rings. The van der Waals surface area contributed by atoms with Gasteiger partial charge >= 0.3 is 0 Å². The van der Waals surface area contributed by atoms with E-state index in [0.717, 1.165) is 25.5 Å². The molecule has 0 bridgehead atoms. The average molecular weight is 483 g/mol. The van der Waals surface area contributed by atoms with Crippen molar-refractivity contribution in [2.75, 3.05) is 7.05 Å². The molecule has 0 radical (unpaired) electrons. The second-order valence-electron chi connectivity index (χ2n) is 8.12. The molecule has 150 valence electrons. The molecule has 1 aromatic carbocycles. The van der Waals surface area contributed by atoms with Gasteiger partial charge in [-0.3, -0.25) is 4.99 Å². The van der Waals surface area contributed by atoms with E-state index in [9.17, 15) is 0 Å². The third-order valence-corrected chi connectivity index (χ3v) is 4.34. The molecule has 5 nitrogen and oxygen atoms in total. The van der Waals surface area contributed by atoms with Gasteiger partial charge in [0.1, 0.15) is 0 Å². The van der Waals surface area contributed by atoms with Crippen LogP contribution >= 0.6 is 24.0 Å². The lowest BCUT2D eigenvalue weighted by molar-refractivity contribution is 0.346. The van der Waals surface area contributed by atoms with Crippen LogP contribution in [0.5, 0.6) is 0 Å². The lowest BCUT2D eigenvalue weighted by atomic mass is 9.89. The number of imidazole rings is 1. The van der Waals surface area contributed by atoms with Crippen LogP contribution in [0.15, 0.2) is 48.0 Å². The molecule has 0 saturated heterocycles. The van der Waals surface area contributed by atoms with Crippen molar-refractivity contribution >= 4 is 29.9 Å². The van der Waals surface area contributed by atoms with Crippen LogP contribution < -0.4 is 10.6 Å². The minimum Gasteiger partial charge on any atom is -0.354 e. The van der Waals surface area contributed by atoms with Crippen LogP contribution in [-0.4, -0.2) is 28.6 Å². The van der Waals surface area contributed by atoms with Gasteiger partial charge in [-0.05, 0) is 36.3 Å². The van der Waals surface area contributed by atoms with Crippen molar-refractivity contribution in [2.45, 2.75) is 59.7 Å². The van der Waals surface area contributed by atoms with E-state index in [1.54, 1.807) is 6.20 Å². The van der Waals surface area contributed by atoms with Crippen LogP contribution in [0.3, 0.4) is 0 Å². The number of hydrogen-bond donors (Lipinski definition) is 2. The molecule has 0 aliphatic rings. The van der Waals surface area contributed by atoms with Crippen molar-refractivity contribution in [3.05, 3.63) is 54.1 Å². The highest BCUT2D eigenvalue weighted by molar-refractivity contribution is 14.0. The van der Waals surface area contributed by atoms with Gasteiger partial charge in [0.2, 0.25) is 0 Å². The normalized spacial score (nSPS) is 13.0. The van der Waals surface area contributed by atoms with Gasteiger partial charge in [0.15, 0.2) is 5.96 Å². The van der Waals surface area contributed by atoms with Crippen LogP contribution in [0.1, 0.15) is 51.7 Å². The summed E-state index contributed by atoms with van der Waals surface area (Å²) in [7, 11) is 1.82. The lowest BCUT2D eigenvalue weighted by Crippen LogP contribution is -2.42. The van der Waals surface area contributed by atoms with E-state index < -0.39 is 0 Å². The second kappa shape index (κ2) is 11.3. The Kier molecular flexibility index (Phi) is 9.83. The molecule has 0 spiro atoms. The summed E-state index contributed by atoms with van der Waals surface area (Å²) in [6, 6.07) is 9.06. The summed E-state index contributed by atoms with van der Waals surface area (Å²) >= 11 is 0. The number of aromatic nitrogens is 2. The number of halogens is 1. The average Bonchev–Trinajstić information content (AvgIpc) is 3.10. The maximum absolute atomic E-state index is 4.34. The number of nitrogens with one attached hydrogen (secondary N) is 2. The number of nitrogens with zero attached hydrogens (tertiary/aromatic N) is 3. The minimum atomic E-state index is 0. The Morgan fingerprint density at radius 3 is 2.41 bits per heavy atom. The number of rotatable bonds is 7. The van der Waals surface area contributed by atoms with Crippen LogP contribution in [-0.2, 0) is 13.1 Å². The molecule has 27 heavy (non-hydrogen) atoms. The zero-order valence-electron chi connectivity index (χ0n) is 17.2. The first kappa shape index (κ1) is 23.5. The molecule has 6 heteroatoms. The fourth-order valence-electron chi connectivity index (χ4n) is 2.69. The van der Waals surface area contributed by atoms with Gasteiger partial charge in [0.25, 0.3) is 0 Å². The highest BCUT2D eigenvalue weighted by Gasteiger charge is 2.13. The van der Waals surface area contributed by atoms with Crippen molar-refractivity contribution in [1.29, 1.82) is 0 Å². The van der Waals surface area contributed by atoms with Gasteiger partial charge < -0.3 is 15.2 Å². The van der Waals surface area contributed by atoms with Crippen molar-refractivity contribution < 1.29 is 0 Å².